The highest BCUT2D eigenvalue weighted by molar-refractivity contribution is 6.00. The summed E-state index contributed by atoms with van der Waals surface area (Å²) in [6.45, 7) is 7.52. The number of esters is 1. The van der Waals surface area contributed by atoms with Gasteiger partial charge in [-0.3, -0.25) is 15.0 Å². The quantitative estimate of drug-likeness (QED) is 0.647. The molecule has 0 fully saturated rings. The van der Waals surface area contributed by atoms with Crippen molar-refractivity contribution >= 4 is 17.8 Å². The molecule has 2 aromatic carbocycles. The lowest BCUT2D eigenvalue weighted by atomic mass is 10.1. The highest BCUT2D eigenvalue weighted by Gasteiger charge is 2.29. The number of benzene rings is 2. The van der Waals surface area contributed by atoms with E-state index in [1.165, 1.54) is 36.4 Å². The number of carbonyl (C=O) groups excluding carboxylic acids is 3. The Morgan fingerprint density at radius 1 is 0.893 bits per heavy atom. The van der Waals surface area contributed by atoms with E-state index in [9.17, 15) is 14.4 Å². The highest BCUT2D eigenvalue weighted by Crippen LogP contribution is 2.17. The third-order valence-corrected chi connectivity index (χ3v) is 4.26. The molecule has 0 saturated carbocycles. The molecule has 0 bridgehead atoms. The van der Waals surface area contributed by atoms with Crippen LogP contribution in [0.25, 0.3) is 0 Å². The van der Waals surface area contributed by atoms with Gasteiger partial charge in [0.15, 0.2) is 0 Å². The first kappa shape index (κ1) is 21.2. The average Bonchev–Trinajstić information content (AvgIpc) is 2.70. The van der Waals surface area contributed by atoms with Gasteiger partial charge in [-0.2, -0.15) is 0 Å². The van der Waals surface area contributed by atoms with Crippen molar-refractivity contribution in [2.45, 2.75) is 39.7 Å². The third-order valence-electron chi connectivity index (χ3n) is 4.26. The molecular formula is C22H26N2O4. The molecule has 2 rings (SSSR count). The zero-order valence-electron chi connectivity index (χ0n) is 16.9. The second kappa shape index (κ2) is 8.69. The number of aryl methyl sites for hydroxylation is 1. The molecule has 148 valence electrons. The van der Waals surface area contributed by atoms with E-state index in [0.29, 0.717) is 16.7 Å². The lowest BCUT2D eigenvalue weighted by Crippen LogP contribution is -2.55. The molecule has 28 heavy (non-hydrogen) atoms. The monoisotopic (exact) mass is 382 g/mol. The third kappa shape index (κ3) is 4.97. The summed E-state index contributed by atoms with van der Waals surface area (Å²) in [4.78, 5) is 37.2. The van der Waals surface area contributed by atoms with E-state index in [4.69, 9.17) is 0 Å². The van der Waals surface area contributed by atoms with Gasteiger partial charge in [-0.15, -0.1) is 0 Å². The molecule has 0 aliphatic heterocycles. The van der Waals surface area contributed by atoms with Crippen molar-refractivity contribution in [3.8, 4) is 0 Å². The minimum absolute atomic E-state index is 0.349. The van der Waals surface area contributed by atoms with Crippen LogP contribution in [0.4, 0.5) is 0 Å². The van der Waals surface area contributed by atoms with Crippen LogP contribution in [0, 0.1) is 0 Å². The van der Waals surface area contributed by atoms with E-state index in [2.05, 4.69) is 10.2 Å². The van der Waals surface area contributed by atoms with Crippen LogP contribution in [0.5, 0.6) is 0 Å². The van der Waals surface area contributed by atoms with Crippen LogP contribution in [0.1, 0.15) is 64.3 Å². The summed E-state index contributed by atoms with van der Waals surface area (Å²) in [5, 5.41) is 1.30. The molecule has 0 aromatic heterocycles. The maximum absolute atomic E-state index is 13.0. The first-order valence-corrected chi connectivity index (χ1v) is 9.10. The molecule has 2 aromatic rings. The molecule has 2 amide bonds. The summed E-state index contributed by atoms with van der Waals surface area (Å²) in [7, 11) is 1.30. The van der Waals surface area contributed by atoms with Gasteiger partial charge in [0.05, 0.1) is 18.2 Å². The highest BCUT2D eigenvalue weighted by atomic mass is 16.5. The van der Waals surface area contributed by atoms with Crippen molar-refractivity contribution in [1.82, 2.24) is 10.4 Å². The zero-order chi connectivity index (χ0) is 20.9. The van der Waals surface area contributed by atoms with E-state index in [0.717, 1.165) is 12.0 Å². The Bertz CT molecular complexity index is 850. The fourth-order valence-corrected chi connectivity index (χ4v) is 2.58. The van der Waals surface area contributed by atoms with E-state index in [1.54, 1.807) is 12.1 Å². The number of amides is 2. The Balaban J connectivity index is 2.24. The Labute approximate surface area is 165 Å². The second-order valence-corrected chi connectivity index (χ2v) is 7.37. The van der Waals surface area contributed by atoms with Crippen LogP contribution in [-0.4, -0.2) is 35.4 Å². The molecule has 0 unspecified atom stereocenters. The summed E-state index contributed by atoms with van der Waals surface area (Å²) < 4.78 is 4.67. The molecule has 0 radical (unpaired) electrons. The van der Waals surface area contributed by atoms with Gasteiger partial charge in [-0.25, -0.2) is 9.80 Å². The van der Waals surface area contributed by atoms with Gasteiger partial charge in [-0.05, 0) is 69.2 Å². The topological polar surface area (TPSA) is 75.7 Å². The number of methoxy groups -OCH3 is 1. The van der Waals surface area contributed by atoms with E-state index >= 15 is 0 Å². The van der Waals surface area contributed by atoms with E-state index < -0.39 is 11.5 Å². The largest absolute Gasteiger partial charge is 0.465 e. The lowest BCUT2D eigenvalue weighted by Gasteiger charge is -2.35. The van der Waals surface area contributed by atoms with Crippen molar-refractivity contribution in [1.29, 1.82) is 0 Å². The van der Waals surface area contributed by atoms with Crippen LogP contribution >= 0.6 is 0 Å². The van der Waals surface area contributed by atoms with Gasteiger partial charge in [0.1, 0.15) is 0 Å². The van der Waals surface area contributed by atoms with Gasteiger partial charge in [0.2, 0.25) is 0 Å². The van der Waals surface area contributed by atoms with Gasteiger partial charge >= 0.3 is 5.97 Å². The Morgan fingerprint density at radius 3 is 1.86 bits per heavy atom. The predicted octanol–water partition coefficient (Wildman–Crippen LogP) is 3.62. The Morgan fingerprint density at radius 2 is 1.39 bits per heavy atom. The number of nitrogens with one attached hydrogen (secondary N) is 1. The minimum atomic E-state index is -0.656. The molecular weight excluding hydrogens is 356 g/mol. The SMILES string of the molecule is CCc1ccc(C(=O)NN(C(=O)c2ccc(C(=O)OC)cc2)C(C)(C)C)cc1. The first-order chi connectivity index (χ1) is 13.2. The number of carbonyl (C=O) groups is 3. The van der Waals surface area contributed by atoms with Crippen molar-refractivity contribution in [3.05, 3.63) is 70.8 Å². The second-order valence-electron chi connectivity index (χ2n) is 7.37. The Hall–Kier alpha value is -3.15. The lowest BCUT2D eigenvalue weighted by molar-refractivity contribution is 0.0358. The fourth-order valence-electron chi connectivity index (χ4n) is 2.58. The van der Waals surface area contributed by atoms with Crippen LogP contribution in [0.15, 0.2) is 48.5 Å². The van der Waals surface area contributed by atoms with Crippen LogP contribution < -0.4 is 5.43 Å². The fraction of sp³-hybridized carbons (Fsp3) is 0.318. The number of rotatable bonds is 4. The molecule has 0 aliphatic carbocycles. The predicted molar refractivity (Wildman–Crippen MR) is 107 cm³/mol. The molecule has 1 N–H and O–H groups in total. The normalized spacial score (nSPS) is 10.9. The number of hydrogen-bond acceptors (Lipinski definition) is 4. The van der Waals surface area contributed by atoms with Crippen LogP contribution in [-0.2, 0) is 11.2 Å². The zero-order valence-corrected chi connectivity index (χ0v) is 16.9. The number of nitrogens with zero attached hydrogens (tertiary/aromatic N) is 1. The molecule has 6 heteroatoms. The maximum Gasteiger partial charge on any atom is 0.337 e. The summed E-state index contributed by atoms with van der Waals surface area (Å²) in [6.07, 6.45) is 0.885. The molecule has 0 atom stereocenters. The first-order valence-electron chi connectivity index (χ1n) is 9.10. The summed E-state index contributed by atoms with van der Waals surface area (Å²) in [5.74, 6) is -1.21. The van der Waals surface area contributed by atoms with E-state index in [1.807, 2.05) is 39.8 Å². The molecule has 6 nitrogen and oxygen atoms in total. The van der Waals surface area contributed by atoms with Crippen LogP contribution in [0.3, 0.4) is 0 Å². The van der Waals surface area contributed by atoms with Gasteiger partial charge < -0.3 is 4.74 Å². The summed E-state index contributed by atoms with van der Waals surface area (Å²) in [5.41, 5.74) is 4.36. The van der Waals surface area contributed by atoms with Gasteiger partial charge in [0.25, 0.3) is 11.8 Å². The molecule has 0 heterocycles. The number of hydrazine groups is 1. The Kier molecular flexibility index (Phi) is 6.57. The maximum atomic E-state index is 13.0. The minimum Gasteiger partial charge on any atom is -0.465 e. The van der Waals surface area contributed by atoms with Crippen LogP contribution in [0.2, 0.25) is 0 Å². The number of hydrogen-bond donors (Lipinski definition) is 1. The van der Waals surface area contributed by atoms with Crippen molar-refractivity contribution in [2.75, 3.05) is 7.11 Å². The van der Waals surface area contributed by atoms with Gasteiger partial charge in [0, 0.05) is 11.1 Å². The molecule has 0 spiro atoms. The van der Waals surface area contributed by atoms with Gasteiger partial charge in [-0.1, -0.05) is 19.1 Å². The van der Waals surface area contributed by atoms with Crippen molar-refractivity contribution in [2.24, 2.45) is 0 Å². The average molecular weight is 382 g/mol. The molecule has 0 saturated heterocycles. The number of ether oxygens (including phenoxy) is 1. The smallest absolute Gasteiger partial charge is 0.337 e. The summed E-state index contributed by atoms with van der Waals surface area (Å²) in [6, 6.07) is 13.4. The summed E-state index contributed by atoms with van der Waals surface area (Å²) >= 11 is 0. The molecule has 0 aliphatic rings. The van der Waals surface area contributed by atoms with Crippen molar-refractivity contribution < 1.29 is 19.1 Å². The standard InChI is InChI=1S/C22H26N2O4/c1-6-15-7-9-16(10-8-15)19(25)23-24(22(2,3)4)20(26)17-11-13-18(14-12-17)21(27)28-5/h7-14H,6H2,1-5H3,(H,23,25). The van der Waals surface area contributed by atoms with Crippen molar-refractivity contribution in [3.63, 3.8) is 0 Å². The van der Waals surface area contributed by atoms with E-state index in [-0.39, 0.29) is 11.8 Å².